The minimum Gasteiger partial charge on any atom is -0.494 e. The van der Waals surface area contributed by atoms with Crippen LogP contribution in [-0.4, -0.2) is 88.0 Å². The molecule has 0 spiro atoms. The lowest BCUT2D eigenvalue weighted by Gasteiger charge is -2.30. The van der Waals surface area contributed by atoms with Crippen LogP contribution in [0.25, 0.3) is 0 Å². The Kier molecular flexibility index (Phi) is 26.0. The van der Waals surface area contributed by atoms with Crippen molar-refractivity contribution >= 4 is 35.8 Å². The smallest absolute Gasteiger partial charge is 0.343 e. The molecule has 4 aromatic carbocycles. The summed E-state index contributed by atoms with van der Waals surface area (Å²) in [5, 5.41) is 0. The summed E-state index contributed by atoms with van der Waals surface area (Å²) < 4.78 is 54.8. The van der Waals surface area contributed by atoms with Crippen LogP contribution in [0.1, 0.15) is 144 Å². The molecule has 0 amide bonds. The summed E-state index contributed by atoms with van der Waals surface area (Å²) in [5.41, 5.74) is 0.870. The molecular formula is C58H68O16. The van der Waals surface area contributed by atoms with Crippen molar-refractivity contribution in [2.75, 3.05) is 39.6 Å². The number of unbranched alkanes of at least 4 members (excludes halogenated alkanes) is 14. The zero-order valence-electron chi connectivity index (χ0n) is 42.0. The van der Waals surface area contributed by atoms with Gasteiger partial charge in [0.15, 0.2) is 0 Å². The van der Waals surface area contributed by atoms with Gasteiger partial charge in [0.25, 0.3) is 12.6 Å². The molecule has 4 aromatic rings. The molecule has 2 atom stereocenters. The molecule has 396 valence electrons. The van der Waals surface area contributed by atoms with Gasteiger partial charge in [0, 0.05) is 12.2 Å². The van der Waals surface area contributed by atoms with Crippen LogP contribution in [-0.2, 0) is 38.0 Å². The molecule has 0 saturated carbocycles. The van der Waals surface area contributed by atoms with Crippen LogP contribution in [0.15, 0.2) is 122 Å². The maximum atomic E-state index is 13.1. The van der Waals surface area contributed by atoms with Gasteiger partial charge in [0.1, 0.15) is 23.0 Å². The number of ether oxygens (including phenoxy) is 10. The van der Waals surface area contributed by atoms with Gasteiger partial charge in [-0.1, -0.05) is 90.2 Å². The van der Waals surface area contributed by atoms with E-state index in [0.29, 0.717) is 49.1 Å². The largest absolute Gasteiger partial charge is 0.494 e. The van der Waals surface area contributed by atoms with E-state index in [1.165, 1.54) is 60.7 Å². The highest BCUT2D eigenvalue weighted by Gasteiger charge is 2.34. The fourth-order valence-corrected chi connectivity index (χ4v) is 7.41. The quantitative estimate of drug-likeness (QED) is 0.0141. The van der Waals surface area contributed by atoms with Gasteiger partial charge in [-0.3, -0.25) is 0 Å². The summed E-state index contributed by atoms with van der Waals surface area (Å²) in [6.07, 6.45) is 16.4. The fourth-order valence-electron chi connectivity index (χ4n) is 7.41. The van der Waals surface area contributed by atoms with Crippen molar-refractivity contribution in [3.63, 3.8) is 0 Å². The summed E-state index contributed by atoms with van der Waals surface area (Å²) in [6.45, 7) is 8.93. The second kappa shape index (κ2) is 33.4. The van der Waals surface area contributed by atoms with E-state index in [1.807, 2.05) is 0 Å². The lowest BCUT2D eigenvalue weighted by molar-refractivity contribution is -0.288. The van der Waals surface area contributed by atoms with Crippen LogP contribution in [0, 0.1) is 0 Å². The number of hydrogen-bond donors (Lipinski definition) is 0. The highest BCUT2D eigenvalue weighted by molar-refractivity contribution is 5.93. The topological polar surface area (TPSA) is 195 Å². The van der Waals surface area contributed by atoms with E-state index >= 15 is 0 Å². The summed E-state index contributed by atoms with van der Waals surface area (Å²) in [7, 11) is 0. The predicted octanol–water partition coefficient (Wildman–Crippen LogP) is 11.3. The molecular weight excluding hydrogens is 953 g/mol. The van der Waals surface area contributed by atoms with Gasteiger partial charge in [-0.2, -0.15) is 0 Å². The lowest BCUT2D eigenvalue weighted by Crippen LogP contribution is -2.44. The first-order valence-corrected chi connectivity index (χ1v) is 25.5. The molecule has 74 heavy (non-hydrogen) atoms. The Morgan fingerprint density at radius 2 is 0.649 bits per heavy atom. The highest BCUT2D eigenvalue weighted by atomic mass is 16.8. The first-order chi connectivity index (χ1) is 36.1. The van der Waals surface area contributed by atoms with Crippen molar-refractivity contribution in [2.45, 2.75) is 115 Å². The third-order valence-corrected chi connectivity index (χ3v) is 11.5. The van der Waals surface area contributed by atoms with Gasteiger partial charge in [-0.05, 0) is 123 Å². The molecule has 16 heteroatoms. The molecule has 1 saturated heterocycles. The van der Waals surface area contributed by atoms with Crippen LogP contribution >= 0.6 is 0 Å². The number of rotatable bonds is 34. The lowest BCUT2D eigenvalue weighted by atomic mass is 10.1. The molecule has 1 heterocycles. The number of hydrogen-bond acceptors (Lipinski definition) is 16. The van der Waals surface area contributed by atoms with Crippen LogP contribution in [0.3, 0.4) is 0 Å². The molecule has 1 aliphatic heterocycles. The van der Waals surface area contributed by atoms with Crippen LogP contribution in [0.5, 0.6) is 23.0 Å². The molecule has 2 unspecified atom stereocenters. The number of carbonyl (C=O) groups is 6. The molecule has 0 aromatic heterocycles. The molecule has 0 N–H and O–H groups in total. The first kappa shape index (κ1) is 57.6. The normalized spacial score (nSPS) is 13.9. The van der Waals surface area contributed by atoms with E-state index < -0.39 is 36.5 Å². The molecule has 0 radical (unpaired) electrons. The summed E-state index contributed by atoms with van der Waals surface area (Å²) in [4.78, 5) is 74.0. The maximum absolute atomic E-state index is 13.1. The zero-order chi connectivity index (χ0) is 52.6. The zero-order valence-corrected chi connectivity index (χ0v) is 42.0. The summed E-state index contributed by atoms with van der Waals surface area (Å²) in [5.74, 6) is -1.84. The Morgan fingerprint density at radius 3 is 0.959 bits per heavy atom. The molecule has 0 aliphatic carbocycles. The molecule has 5 rings (SSSR count). The molecule has 16 nitrogen and oxygen atoms in total. The third-order valence-electron chi connectivity index (χ3n) is 11.5. The van der Waals surface area contributed by atoms with Gasteiger partial charge in [-0.15, -0.1) is 0 Å². The first-order valence-electron chi connectivity index (χ1n) is 25.5. The number of carbonyl (C=O) groups excluding carboxylic acids is 6. The van der Waals surface area contributed by atoms with Crippen molar-refractivity contribution in [1.29, 1.82) is 0 Å². The van der Waals surface area contributed by atoms with Crippen LogP contribution < -0.4 is 18.9 Å². The van der Waals surface area contributed by atoms with Crippen molar-refractivity contribution in [1.82, 2.24) is 0 Å². The molecule has 1 fully saturated rings. The molecule has 0 bridgehead atoms. The van der Waals surface area contributed by atoms with Gasteiger partial charge in [-0.25, -0.2) is 28.8 Å². The minimum absolute atomic E-state index is 0.0783. The van der Waals surface area contributed by atoms with E-state index in [-0.39, 0.29) is 47.8 Å². The SMILES string of the molecule is C=CC(=O)OCCCCCCCCCCOc1ccc(C(=O)Oc2ccc(C(=O)OC3OCCOC3OC(=O)c3ccc(OC(=O)c4ccc(OCCCCCCCCCCOC(=O)C=C)cc4)cc3)cc2)cc1. The number of benzene rings is 4. The summed E-state index contributed by atoms with van der Waals surface area (Å²) in [6, 6.07) is 24.8. The van der Waals surface area contributed by atoms with E-state index in [0.717, 1.165) is 103 Å². The highest BCUT2D eigenvalue weighted by Crippen LogP contribution is 2.23. The van der Waals surface area contributed by atoms with Crippen molar-refractivity contribution in [3.8, 4) is 23.0 Å². The average molecular weight is 1020 g/mol. The third kappa shape index (κ3) is 21.8. The second-order valence-electron chi connectivity index (χ2n) is 17.3. The Bertz CT molecular complexity index is 2190. The van der Waals surface area contributed by atoms with Gasteiger partial charge in [0.2, 0.25) is 0 Å². The minimum atomic E-state index is -1.38. The van der Waals surface area contributed by atoms with Gasteiger partial charge < -0.3 is 47.4 Å². The number of esters is 6. The second-order valence-corrected chi connectivity index (χ2v) is 17.3. The summed E-state index contributed by atoms with van der Waals surface area (Å²) >= 11 is 0. The predicted molar refractivity (Wildman–Crippen MR) is 273 cm³/mol. The van der Waals surface area contributed by atoms with E-state index in [1.54, 1.807) is 48.5 Å². The van der Waals surface area contributed by atoms with Crippen molar-refractivity contribution in [3.05, 3.63) is 145 Å². The maximum Gasteiger partial charge on any atom is 0.343 e. The van der Waals surface area contributed by atoms with Crippen LogP contribution in [0.2, 0.25) is 0 Å². The Hall–Kier alpha value is -7.30. The fraction of sp³-hybridized carbons (Fsp3) is 0.414. The molecule has 1 aliphatic rings. The Balaban J connectivity index is 0.944. The Morgan fingerprint density at radius 1 is 0.378 bits per heavy atom. The van der Waals surface area contributed by atoms with Gasteiger partial charge >= 0.3 is 35.8 Å². The van der Waals surface area contributed by atoms with Crippen molar-refractivity contribution in [2.24, 2.45) is 0 Å². The standard InChI is InChI=1S/C58H68O16/c1-3-51(59)67-39-19-15-11-7-5-9-13-17-37-65-47-29-21-43(22-30-47)53(61)71-49-33-25-45(26-34-49)55(63)73-57-58(70-42-41-69-57)74-56(64)46-27-35-50(36-28-46)72-54(62)44-23-31-48(32-24-44)66-38-18-14-10-6-8-12-16-20-40-68-52(60)4-2/h3-4,21-36,57-58H,1-2,5-20,37-42H2. The van der Waals surface area contributed by atoms with E-state index in [4.69, 9.17) is 47.4 Å². The van der Waals surface area contributed by atoms with Crippen LogP contribution in [0.4, 0.5) is 0 Å². The average Bonchev–Trinajstić information content (AvgIpc) is 3.42. The van der Waals surface area contributed by atoms with E-state index in [2.05, 4.69) is 13.2 Å². The van der Waals surface area contributed by atoms with E-state index in [9.17, 15) is 28.8 Å². The monoisotopic (exact) mass is 1020 g/mol. The van der Waals surface area contributed by atoms with Gasteiger partial charge in [0.05, 0.1) is 61.9 Å². The van der Waals surface area contributed by atoms with Crippen molar-refractivity contribution < 1.29 is 76.1 Å². The Labute approximate surface area is 433 Å².